The van der Waals surface area contributed by atoms with E-state index in [-0.39, 0.29) is 23.5 Å². The first-order valence-corrected chi connectivity index (χ1v) is 14.3. The normalized spacial score (nSPS) is 12.7. The maximum Gasteiger partial charge on any atom is 0.319 e. The van der Waals surface area contributed by atoms with Gasteiger partial charge in [0.15, 0.2) is 11.6 Å². The number of thiophene rings is 1. The highest BCUT2D eigenvalue weighted by Gasteiger charge is 2.24. The van der Waals surface area contributed by atoms with Crippen molar-refractivity contribution < 1.29 is 27.8 Å². The van der Waals surface area contributed by atoms with E-state index in [1.54, 1.807) is 24.3 Å². The van der Waals surface area contributed by atoms with Crippen LogP contribution in [0.4, 0.5) is 24.1 Å². The van der Waals surface area contributed by atoms with E-state index in [4.69, 9.17) is 9.47 Å². The molecule has 1 aromatic carbocycles. The zero-order valence-electron chi connectivity index (χ0n) is 23.1. The van der Waals surface area contributed by atoms with Crippen molar-refractivity contribution in [2.45, 2.75) is 32.4 Å². The Hall–Kier alpha value is -4.36. The molecular weight excluding hydrogens is 566 g/mol. The van der Waals surface area contributed by atoms with Gasteiger partial charge in [0.1, 0.15) is 5.75 Å². The number of likely N-dealkylation sites (N-methyl/N-ethyl adjacent to an activating group) is 1. The molecular formula is C29H30F2N6O4S. The number of halogens is 2. The number of nitrogens with zero attached hydrogens (tertiary/aromatic N) is 3. The van der Waals surface area contributed by atoms with E-state index in [9.17, 15) is 18.4 Å². The minimum Gasteiger partial charge on any atom is -0.453 e. The third-order valence-corrected chi connectivity index (χ3v) is 7.72. The number of carbonyl (C=O) groups excluding carboxylic acids is 2. The second-order valence-electron chi connectivity index (χ2n) is 9.63. The Labute approximate surface area is 245 Å². The fourth-order valence-corrected chi connectivity index (χ4v) is 5.13. The summed E-state index contributed by atoms with van der Waals surface area (Å²) in [6.07, 6.45) is 4.95. The van der Waals surface area contributed by atoms with Crippen molar-refractivity contribution in [1.82, 2.24) is 25.5 Å². The molecule has 3 aromatic heterocycles. The summed E-state index contributed by atoms with van der Waals surface area (Å²) >= 11 is 1.35. The van der Waals surface area contributed by atoms with Gasteiger partial charge in [0.05, 0.1) is 33.1 Å². The number of fused-ring (bicyclic) bond motifs is 1. The second kappa shape index (κ2) is 13.1. The van der Waals surface area contributed by atoms with E-state index >= 15 is 0 Å². The van der Waals surface area contributed by atoms with Gasteiger partial charge in [0.25, 0.3) is 0 Å². The highest BCUT2D eigenvalue weighted by atomic mass is 32.1. The molecule has 0 aliphatic heterocycles. The highest BCUT2D eigenvalue weighted by molar-refractivity contribution is 7.22. The Morgan fingerprint density at radius 1 is 1.10 bits per heavy atom. The Bertz CT molecular complexity index is 1580. The van der Waals surface area contributed by atoms with Gasteiger partial charge in [-0.25, -0.2) is 14.0 Å². The largest absolute Gasteiger partial charge is 0.453 e. The molecule has 1 aliphatic rings. The van der Waals surface area contributed by atoms with Crippen molar-refractivity contribution in [1.29, 1.82) is 0 Å². The van der Waals surface area contributed by atoms with E-state index in [0.717, 1.165) is 23.3 Å². The molecule has 0 unspecified atom stereocenters. The predicted molar refractivity (Wildman–Crippen MR) is 156 cm³/mol. The number of rotatable bonds is 11. The third kappa shape index (κ3) is 6.92. The van der Waals surface area contributed by atoms with Crippen LogP contribution in [-0.2, 0) is 11.3 Å². The molecule has 0 spiro atoms. The quantitative estimate of drug-likeness (QED) is 0.199. The van der Waals surface area contributed by atoms with Crippen LogP contribution < -0.4 is 20.7 Å². The Morgan fingerprint density at radius 2 is 1.93 bits per heavy atom. The number of urea groups is 2. The summed E-state index contributed by atoms with van der Waals surface area (Å²) in [5, 5.41) is 7.88. The molecule has 3 N–H and O–H groups in total. The van der Waals surface area contributed by atoms with Crippen molar-refractivity contribution in [3.8, 4) is 22.1 Å². The monoisotopic (exact) mass is 596 g/mol. The van der Waals surface area contributed by atoms with Crippen molar-refractivity contribution >= 4 is 39.3 Å². The SMILES string of the molecule is CCN(CCOC)C(=O)NCc1ccc(-c2cc3nccc(Oc4ccc(NC(=O)NC5CC5)c(F)c4F)c3s2)nc1. The lowest BCUT2D eigenvalue weighted by molar-refractivity contribution is 0.151. The lowest BCUT2D eigenvalue weighted by Crippen LogP contribution is -2.41. The number of amides is 4. The van der Waals surface area contributed by atoms with Crippen LogP contribution in [0.3, 0.4) is 0 Å². The molecule has 220 valence electrons. The van der Waals surface area contributed by atoms with Crippen molar-refractivity contribution in [3.05, 3.63) is 66.0 Å². The molecule has 1 saturated carbocycles. The summed E-state index contributed by atoms with van der Waals surface area (Å²) in [7, 11) is 1.59. The minimum absolute atomic E-state index is 0.0783. The molecule has 4 aromatic rings. The molecule has 0 radical (unpaired) electrons. The number of aromatic nitrogens is 2. The number of carbonyl (C=O) groups is 2. The Kier molecular flexibility index (Phi) is 9.08. The first-order chi connectivity index (χ1) is 20.4. The molecule has 3 heterocycles. The number of hydrogen-bond donors (Lipinski definition) is 3. The van der Waals surface area contributed by atoms with Gasteiger partial charge in [-0.1, -0.05) is 6.07 Å². The lowest BCUT2D eigenvalue weighted by Gasteiger charge is -2.20. The summed E-state index contributed by atoms with van der Waals surface area (Å²) in [6.45, 7) is 3.77. The van der Waals surface area contributed by atoms with Gasteiger partial charge in [-0.05, 0) is 49.6 Å². The van der Waals surface area contributed by atoms with E-state index in [1.165, 1.54) is 29.7 Å². The number of benzene rings is 1. The first kappa shape index (κ1) is 29.1. The van der Waals surface area contributed by atoms with Crippen LogP contribution >= 0.6 is 11.3 Å². The van der Waals surface area contributed by atoms with E-state index in [2.05, 4.69) is 25.9 Å². The molecule has 42 heavy (non-hydrogen) atoms. The number of hydrogen-bond acceptors (Lipinski definition) is 7. The molecule has 10 nitrogen and oxygen atoms in total. The second-order valence-corrected chi connectivity index (χ2v) is 10.7. The molecule has 4 amide bonds. The molecule has 0 bridgehead atoms. The fraction of sp³-hybridized carbons (Fsp3) is 0.310. The van der Waals surface area contributed by atoms with Gasteiger partial charge >= 0.3 is 12.1 Å². The van der Waals surface area contributed by atoms with Crippen LogP contribution in [0.2, 0.25) is 0 Å². The number of pyridine rings is 2. The van der Waals surface area contributed by atoms with Crippen LogP contribution in [0.5, 0.6) is 11.5 Å². The average molecular weight is 597 g/mol. The summed E-state index contributed by atoms with van der Waals surface area (Å²) in [5.74, 6) is -2.45. The maximum atomic E-state index is 14.9. The van der Waals surface area contributed by atoms with Crippen LogP contribution in [0.25, 0.3) is 20.8 Å². The molecule has 1 aliphatic carbocycles. The summed E-state index contributed by atoms with van der Waals surface area (Å²) < 4.78 is 41.0. The van der Waals surface area contributed by atoms with Crippen LogP contribution in [0.15, 0.2) is 48.8 Å². The van der Waals surface area contributed by atoms with Crippen molar-refractivity contribution in [3.63, 3.8) is 0 Å². The summed E-state index contributed by atoms with van der Waals surface area (Å²) in [4.78, 5) is 35.7. The van der Waals surface area contributed by atoms with Gasteiger partial charge < -0.3 is 30.3 Å². The standard InChI is InChI=1S/C29H30F2N6O4S/c1-3-37(12-13-40-2)29(39)34-16-17-4-7-19(33-15-17)24-14-21-27(42-24)23(10-11-32-21)41-22-9-8-20(25(30)26(22)31)36-28(38)35-18-5-6-18/h4,7-11,14-15,18H,3,5-6,12-13,16H2,1-2H3,(H,34,39)(H2,35,36,38). The minimum atomic E-state index is -1.22. The third-order valence-electron chi connectivity index (χ3n) is 6.56. The van der Waals surface area contributed by atoms with E-state index in [1.807, 2.05) is 25.1 Å². The number of anilines is 1. The van der Waals surface area contributed by atoms with Gasteiger partial charge in [-0.3, -0.25) is 9.97 Å². The lowest BCUT2D eigenvalue weighted by atomic mass is 10.2. The van der Waals surface area contributed by atoms with Gasteiger partial charge in [-0.2, -0.15) is 4.39 Å². The Morgan fingerprint density at radius 3 is 2.64 bits per heavy atom. The Balaban J connectivity index is 1.27. The van der Waals surface area contributed by atoms with E-state index < -0.39 is 17.7 Å². The van der Waals surface area contributed by atoms with Gasteiger partial charge in [0, 0.05) is 51.2 Å². The molecule has 0 atom stereocenters. The summed E-state index contributed by atoms with van der Waals surface area (Å²) in [5.41, 5.74) is 1.85. The highest BCUT2D eigenvalue weighted by Crippen LogP contribution is 2.39. The van der Waals surface area contributed by atoms with Crippen molar-refractivity contribution in [2.24, 2.45) is 0 Å². The number of ether oxygens (including phenoxy) is 2. The van der Waals surface area contributed by atoms with Crippen LogP contribution in [0.1, 0.15) is 25.3 Å². The topological polar surface area (TPSA) is 118 Å². The smallest absolute Gasteiger partial charge is 0.319 e. The van der Waals surface area contributed by atoms with Gasteiger partial charge in [-0.15, -0.1) is 11.3 Å². The van der Waals surface area contributed by atoms with Gasteiger partial charge in [0.2, 0.25) is 5.82 Å². The summed E-state index contributed by atoms with van der Waals surface area (Å²) in [6, 6.07) is 8.97. The molecule has 1 fully saturated rings. The predicted octanol–water partition coefficient (Wildman–Crippen LogP) is 5.89. The fourth-order valence-electron chi connectivity index (χ4n) is 4.09. The number of nitrogens with one attached hydrogen (secondary N) is 3. The van der Waals surface area contributed by atoms with Crippen molar-refractivity contribution in [2.75, 3.05) is 32.1 Å². The molecule has 0 saturated heterocycles. The molecule has 13 heteroatoms. The van der Waals surface area contributed by atoms with Crippen LogP contribution in [-0.4, -0.2) is 59.8 Å². The average Bonchev–Trinajstić information content (AvgIpc) is 3.70. The maximum absolute atomic E-state index is 14.9. The molecule has 5 rings (SSSR count). The van der Waals surface area contributed by atoms with Crippen LogP contribution in [0, 0.1) is 11.6 Å². The number of methoxy groups -OCH3 is 1. The van der Waals surface area contributed by atoms with E-state index in [0.29, 0.717) is 47.9 Å². The zero-order valence-corrected chi connectivity index (χ0v) is 23.9. The first-order valence-electron chi connectivity index (χ1n) is 13.4. The zero-order chi connectivity index (χ0) is 29.6.